The molecule has 3 N–H and O–H groups in total. The van der Waals surface area contributed by atoms with Crippen molar-refractivity contribution in [1.29, 1.82) is 0 Å². The summed E-state index contributed by atoms with van der Waals surface area (Å²) in [5, 5.41) is 10.5. The molecule has 1 aromatic heterocycles. The van der Waals surface area contributed by atoms with Crippen LogP contribution in [0.1, 0.15) is 19.4 Å². The Kier molecular flexibility index (Phi) is 2.69. The van der Waals surface area contributed by atoms with E-state index in [2.05, 4.69) is 15.5 Å². The molecule has 0 spiro atoms. The monoisotopic (exact) mass is 194 g/mol. The number of amides is 1. The van der Waals surface area contributed by atoms with Gasteiger partial charge in [-0.2, -0.15) is 5.10 Å². The van der Waals surface area contributed by atoms with Crippen LogP contribution in [-0.2, 0) is 4.79 Å². The first-order valence-corrected chi connectivity index (χ1v) is 4.29. The summed E-state index contributed by atoms with van der Waals surface area (Å²) in [5.74, 6) is 0.120. The minimum Gasteiger partial charge on any atom is -0.368 e. The van der Waals surface area contributed by atoms with Crippen molar-refractivity contribution in [3.8, 4) is 0 Å². The van der Waals surface area contributed by atoms with E-state index in [0.29, 0.717) is 5.82 Å². The Morgan fingerprint density at radius 2 is 2.21 bits per heavy atom. The van der Waals surface area contributed by atoms with Gasteiger partial charge in [0.05, 0.1) is 6.20 Å². The smallest absolute Gasteiger partial charge is 0.242 e. The summed E-state index contributed by atoms with van der Waals surface area (Å²) in [7, 11) is 0. The number of primary amides is 1. The molecule has 0 aromatic carbocycles. The highest BCUT2D eigenvalue weighted by Gasteiger charge is 2.24. The Morgan fingerprint density at radius 3 is 2.71 bits per heavy atom. The van der Waals surface area contributed by atoms with Gasteiger partial charge in [0.15, 0.2) is 0 Å². The zero-order valence-corrected chi connectivity index (χ0v) is 8.53. The van der Waals surface area contributed by atoms with Crippen molar-refractivity contribution in [2.45, 2.75) is 26.3 Å². The number of hydrogen-bond donors (Lipinski definition) is 2. The second kappa shape index (κ2) is 3.61. The summed E-state index contributed by atoms with van der Waals surface area (Å²) in [6.07, 6.45) is 1.64. The highest BCUT2D eigenvalue weighted by molar-refractivity contribution is 5.86. The number of anilines is 1. The van der Waals surface area contributed by atoms with E-state index >= 15 is 0 Å². The minimum atomic E-state index is -0.817. The van der Waals surface area contributed by atoms with E-state index in [1.54, 1.807) is 26.1 Å². The summed E-state index contributed by atoms with van der Waals surface area (Å²) < 4.78 is 0. The van der Waals surface area contributed by atoms with Gasteiger partial charge in [0.25, 0.3) is 0 Å². The molecule has 0 atom stereocenters. The number of carbonyl (C=O) groups is 1. The van der Waals surface area contributed by atoms with Gasteiger partial charge in [0.2, 0.25) is 5.91 Å². The molecule has 5 nitrogen and oxygen atoms in total. The van der Waals surface area contributed by atoms with Crippen LogP contribution in [0.4, 0.5) is 5.82 Å². The first kappa shape index (κ1) is 10.4. The molecule has 0 saturated carbocycles. The number of rotatable bonds is 3. The Hall–Kier alpha value is -1.65. The van der Waals surface area contributed by atoms with Crippen LogP contribution in [0.2, 0.25) is 0 Å². The number of carbonyl (C=O) groups excluding carboxylic acids is 1. The number of hydrogen-bond acceptors (Lipinski definition) is 4. The summed E-state index contributed by atoms with van der Waals surface area (Å²) in [6, 6.07) is 1.80. The predicted molar refractivity (Wildman–Crippen MR) is 53.7 cm³/mol. The standard InChI is InChI=1S/C9H14N4O/c1-6-4-7(13-11-5-6)12-9(2,3)8(10)14/h4-5H,1-3H3,(H2,10,14)(H,12,13). The molecule has 0 aliphatic rings. The number of aryl methyl sites for hydroxylation is 1. The van der Waals surface area contributed by atoms with Crippen molar-refractivity contribution in [3.05, 3.63) is 17.8 Å². The van der Waals surface area contributed by atoms with E-state index in [9.17, 15) is 4.79 Å². The van der Waals surface area contributed by atoms with Crippen molar-refractivity contribution in [2.75, 3.05) is 5.32 Å². The molecular weight excluding hydrogens is 180 g/mol. The molecule has 0 aliphatic heterocycles. The molecule has 1 rings (SSSR count). The lowest BCUT2D eigenvalue weighted by Crippen LogP contribution is -2.45. The molecule has 0 bridgehead atoms. The van der Waals surface area contributed by atoms with Crippen LogP contribution < -0.4 is 11.1 Å². The maximum Gasteiger partial charge on any atom is 0.242 e. The average Bonchev–Trinajstić information content (AvgIpc) is 2.02. The third-order valence-corrected chi connectivity index (χ3v) is 1.85. The molecule has 76 valence electrons. The fourth-order valence-electron chi connectivity index (χ4n) is 0.907. The minimum absolute atomic E-state index is 0.430. The number of nitrogens with two attached hydrogens (primary N) is 1. The lowest BCUT2D eigenvalue weighted by atomic mass is 10.1. The molecule has 1 heterocycles. The summed E-state index contributed by atoms with van der Waals surface area (Å²) in [6.45, 7) is 5.29. The van der Waals surface area contributed by atoms with Crippen LogP contribution in [0, 0.1) is 6.92 Å². The van der Waals surface area contributed by atoms with Crippen molar-refractivity contribution in [1.82, 2.24) is 10.2 Å². The molecule has 0 unspecified atom stereocenters. The predicted octanol–water partition coefficient (Wildman–Crippen LogP) is 0.461. The van der Waals surface area contributed by atoms with Crippen molar-refractivity contribution < 1.29 is 4.79 Å². The van der Waals surface area contributed by atoms with Gasteiger partial charge in [-0.05, 0) is 32.4 Å². The van der Waals surface area contributed by atoms with Crippen LogP contribution in [0.25, 0.3) is 0 Å². The van der Waals surface area contributed by atoms with E-state index < -0.39 is 11.4 Å². The SMILES string of the molecule is Cc1cnnc(NC(C)(C)C(N)=O)c1. The van der Waals surface area contributed by atoms with Crippen LogP contribution in [0.5, 0.6) is 0 Å². The number of aromatic nitrogens is 2. The molecule has 1 amide bonds. The van der Waals surface area contributed by atoms with Crippen molar-refractivity contribution in [3.63, 3.8) is 0 Å². The fraction of sp³-hybridized carbons (Fsp3) is 0.444. The van der Waals surface area contributed by atoms with Crippen LogP contribution in [0.15, 0.2) is 12.3 Å². The van der Waals surface area contributed by atoms with Gasteiger partial charge >= 0.3 is 0 Å². The molecule has 0 saturated heterocycles. The first-order valence-electron chi connectivity index (χ1n) is 4.29. The molecule has 0 aliphatic carbocycles. The second-order valence-corrected chi connectivity index (χ2v) is 3.73. The van der Waals surface area contributed by atoms with E-state index in [0.717, 1.165) is 5.56 Å². The van der Waals surface area contributed by atoms with E-state index in [4.69, 9.17) is 5.73 Å². The first-order chi connectivity index (χ1) is 6.42. The molecule has 5 heteroatoms. The van der Waals surface area contributed by atoms with E-state index in [-0.39, 0.29) is 0 Å². The van der Waals surface area contributed by atoms with E-state index in [1.165, 1.54) is 0 Å². The van der Waals surface area contributed by atoms with Gasteiger partial charge in [0.1, 0.15) is 11.4 Å². The van der Waals surface area contributed by atoms with Gasteiger partial charge in [-0.25, -0.2) is 0 Å². The Labute approximate surface area is 82.7 Å². The Balaban J connectivity index is 2.83. The highest BCUT2D eigenvalue weighted by Crippen LogP contribution is 2.11. The average molecular weight is 194 g/mol. The Morgan fingerprint density at radius 1 is 1.57 bits per heavy atom. The molecule has 0 fully saturated rings. The number of nitrogens with zero attached hydrogens (tertiary/aromatic N) is 2. The third kappa shape index (κ3) is 2.42. The maximum absolute atomic E-state index is 11.0. The zero-order valence-electron chi connectivity index (χ0n) is 8.53. The largest absolute Gasteiger partial charge is 0.368 e. The van der Waals surface area contributed by atoms with Gasteiger partial charge < -0.3 is 11.1 Å². The second-order valence-electron chi connectivity index (χ2n) is 3.73. The summed E-state index contributed by atoms with van der Waals surface area (Å²) in [5.41, 5.74) is 5.36. The molecule has 1 aromatic rings. The van der Waals surface area contributed by atoms with Crippen molar-refractivity contribution >= 4 is 11.7 Å². The van der Waals surface area contributed by atoms with Crippen LogP contribution in [0.3, 0.4) is 0 Å². The molecule has 14 heavy (non-hydrogen) atoms. The lowest BCUT2D eigenvalue weighted by Gasteiger charge is -2.22. The maximum atomic E-state index is 11.0. The van der Waals surface area contributed by atoms with Gasteiger partial charge in [-0.3, -0.25) is 4.79 Å². The quantitative estimate of drug-likeness (QED) is 0.732. The van der Waals surface area contributed by atoms with Gasteiger partial charge in [-0.15, -0.1) is 5.10 Å². The topological polar surface area (TPSA) is 80.9 Å². The van der Waals surface area contributed by atoms with E-state index in [1.807, 2.05) is 6.92 Å². The van der Waals surface area contributed by atoms with Gasteiger partial charge in [-0.1, -0.05) is 0 Å². The van der Waals surface area contributed by atoms with Crippen LogP contribution in [-0.4, -0.2) is 21.6 Å². The summed E-state index contributed by atoms with van der Waals surface area (Å²) >= 11 is 0. The summed E-state index contributed by atoms with van der Waals surface area (Å²) in [4.78, 5) is 11.0. The molecular formula is C9H14N4O. The van der Waals surface area contributed by atoms with Crippen molar-refractivity contribution in [2.24, 2.45) is 5.73 Å². The third-order valence-electron chi connectivity index (χ3n) is 1.85. The fourth-order valence-corrected chi connectivity index (χ4v) is 0.907. The lowest BCUT2D eigenvalue weighted by molar-refractivity contribution is -0.121. The highest BCUT2D eigenvalue weighted by atomic mass is 16.1. The number of nitrogens with one attached hydrogen (secondary N) is 1. The zero-order chi connectivity index (χ0) is 10.8. The van der Waals surface area contributed by atoms with Crippen LogP contribution >= 0.6 is 0 Å². The Bertz CT molecular complexity index is 348. The van der Waals surface area contributed by atoms with Gasteiger partial charge in [0, 0.05) is 0 Å². The molecule has 0 radical (unpaired) electrons. The normalized spacial score (nSPS) is 11.1.